The highest BCUT2D eigenvalue weighted by atomic mass is 35.5. The Kier molecular flexibility index (Phi) is 2.98. The van der Waals surface area contributed by atoms with Gasteiger partial charge in [0.05, 0.1) is 18.2 Å². The van der Waals surface area contributed by atoms with E-state index < -0.39 is 0 Å². The number of hydrogen-bond donors (Lipinski definition) is 1. The van der Waals surface area contributed by atoms with Gasteiger partial charge >= 0.3 is 0 Å². The molecule has 0 saturated carbocycles. The fourth-order valence-electron chi connectivity index (χ4n) is 1.74. The fourth-order valence-corrected chi connectivity index (χ4v) is 1.90. The number of morpholine rings is 1. The number of hydrogen-bond acceptors (Lipinski definition) is 3. The number of halogens is 1. The number of pyridine rings is 1. The maximum absolute atomic E-state index is 11.6. The van der Waals surface area contributed by atoms with Crippen molar-refractivity contribution >= 4 is 17.3 Å². The van der Waals surface area contributed by atoms with E-state index in [0.29, 0.717) is 23.9 Å². The number of ether oxygens (including phenoxy) is 1. The molecule has 0 spiro atoms. The molecule has 1 saturated heterocycles. The lowest BCUT2D eigenvalue weighted by Gasteiger charge is -2.34. The molecular weight excluding hydrogens is 216 g/mol. The van der Waals surface area contributed by atoms with E-state index in [1.165, 1.54) is 6.20 Å². The second kappa shape index (κ2) is 4.24. The van der Waals surface area contributed by atoms with Gasteiger partial charge in [-0.25, -0.2) is 0 Å². The minimum Gasteiger partial charge on any atom is -0.377 e. The molecule has 4 nitrogen and oxygen atoms in total. The summed E-state index contributed by atoms with van der Waals surface area (Å²) >= 11 is 5.86. The van der Waals surface area contributed by atoms with E-state index in [1.54, 1.807) is 6.07 Å². The van der Waals surface area contributed by atoms with Gasteiger partial charge in [-0.1, -0.05) is 11.6 Å². The third-order valence-corrected chi connectivity index (χ3v) is 2.74. The minimum absolute atomic E-state index is 0.104. The Morgan fingerprint density at radius 2 is 2.47 bits per heavy atom. The first-order chi connectivity index (χ1) is 7.18. The van der Waals surface area contributed by atoms with E-state index in [4.69, 9.17) is 16.3 Å². The van der Waals surface area contributed by atoms with Gasteiger partial charge in [0.25, 0.3) is 5.56 Å². The summed E-state index contributed by atoms with van der Waals surface area (Å²) in [6.45, 7) is 4.05. The van der Waals surface area contributed by atoms with Gasteiger partial charge in [0.15, 0.2) is 0 Å². The fraction of sp³-hybridized carbons (Fsp3) is 0.500. The van der Waals surface area contributed by atoms with Crippen LogP contribution in [0, 0.1) is 0 Å². The van der Waals surface area contributed by atoms with Crippen molar-refractivity contribution in [1.82, 2.24) is 4.98 Å². The average Bonchev–Trinajstić information content (AvgIpc) is 2.23. The summed E-state index contributed by atoms with van der Waals surface area (Å²) in [6.07, 6.45) is 1.50. The van der Waals surface area contributed by atoms with Gasteiger partial charge in [-0.05, 0) is 13.0 Å². The first-order valence-electron chi connectivity index (χ1n) is 4.91. The van der Waals surface area contributed by atoms with Crippen LogP contribution in [0.1, 0.15) is 6.92 Å². The van der Waals surface area contributed by atoms with Gasteiger partial charge in [-0.3, -0.25) is 4.79 Å². The van der Waals surface area contributed by atoms with Crippen molar-refractivity contribution in [3.05, 3.63) is 27.6 Å². The largest absolute Gasteiger partial charge is 0.377 e. The van der Waals surface area contributed by atoms with Gasteiger partial charge in [-0.15, -0.1) is 0 Å². The van der Waals surface area contributed by atoms with Crippen molar-refractivity contribution in [3.8, 4) is 0 Å². The molecule has 15 heavy (non-hydrogen) atoms. The first-order valence-corrected chi connectivity index (χ1v) is 5.29. The predicted octanol–water partition coefficient (Wildman–Crippen LogP) is 1.25. The normalized spacial score (nSPS) is 21.7. The Morgan fingerprint density at radius 3 is 3.20 bits per heavy atom. The van der Waals surface area contributed by atoms with Crippen molar-refractivity contribution in [2.45, 2.75) is 13.0 Å². The number of H-pyrrole nitrogens is 1. The SMILES string of the molecule is CC1COCCN1c1cc(Cl)c[nH]c1=O. The molecule has 1 aliphatic heterocycles. The molecule has 0 bridgehead atoms. The van der Waals surface area contributed by atoms with Crippen molar-refractivity contribution < 1.29 is 4.74 Å². The molecule has 2 rings (SSSR count). The molecule has 0 aromatic carbocycles. The Bertz CT molecular complexity index is 405. The number of anilines is 1. The molecule has 1 aromatic rings. The Hall–Kier alpha value is -1.00. The summed E-state index contributed by atoms with van der Waals surface area (Å²) in [5, 5.41) is 0.545. The highest BCUT2D eigenvalue weighted by Crippen LogP contribution is 2.18. The number of aromatic nitrogens is 1. The molecule has 2 heterocycles. The predicted molar refractivity (Wildman–Crippen MR) is 59.7 cm³/mol. The van der Waals surface area contributed by atoms with Crippen molar-refractivity contribution in [1.29, 1.82) is 0 Å². The molecule has 1 atom stereocenters. The lowest BCUT2D eigenvalue weighted by Crippen LogP contribution is -2.45. The van der Waals surface area contributed by atoms with Gasteiger partial charge in [0.2, 0.25) is 0 Å². The van der Waals surface area contributed by atoms with E-state index in [1.807, 2.05) is 11.8 Å². The summed E-state index contributed by atoms with van der Waals surface area (Å²) in [6, 6.07) is 1.90. The first kappa shape index (κ1) is 10.5. The van der Waals surface area contributed by atoms with Crippen LogP contribution < -0.4 is 10.5 Å². The second-order valence-corrected chi connectivity index (χ2v) is 4.09. The van der Waals surface area contributed by atoms with Gasteiger partial charge in [0.1, 0.15) is 5.69 Å². The second-order valence-electron chi connectivity index (χ2n) is 3.65. The van der Waals surface area contributed by atoms with E-state index in [-0.39, 0.29) is 11.6 Å². The topological polar surface area (TPSA) is 45.3 Å². The van der Waals surface area contributed by atoms with Crippen LogP contribution in [0.5, 0.6) is 0 Å². The molecular formula is C10H13ClN2O2. The summed E-state index contributed by atoms with van der Waals surface area (Å²) in [5.41, 5.74) is 0.520. The van der Waals surface area contributed by atoms with Crippen LogP contribution in [0.15, 0.2) is 17.1 Å². The molecule has 5 heteroatoms. The molecule has 0 radical (unpaired) electrons. The zero-order valence-electron chi connectivity index (χ0n) is 8.50. The number of nitrogens with one attached hydrogen (secondary N) is 1. The number of aromatic amines is 1. The van der Waals surface area contributed by atoms with E-state index >= 15 is 0 Å². The molecule has 1 N–H and O–H groups in total. The summed E-state index contributed by atoms with van der Waals surface area (Å²) in [4.78, 5) is 16.3. The molecule has 1 aromatic heterocycles. The minimum atomic E-state index is -0.104. The van der Waals surface area contributed by atoms with Crippen LogP contribution in [-0.4, -0.2) is 30.8 Å². The van der Waals surface area contributed by atoms with E-state index in [2.05, 4.69) is 4.98 Å². The molecule has 1 aliphatic rings. The summed E-state index contributed by atoms with van der Waals surface area (Å²) in [7, 11) is 0. The zero-order valence-corrected chi connectivity index (χ0v) is 9.25. The monoisotopic (exact) mass is 228 g/mol. The summed E-state index contributed by atoms with van der Waals surface area (Å²) < 4.78 is 5.32. The molecule has 82 valence electrons. The van der Waals surface area contributed by atoms with Crippen molar-refractivity contribution in [3.63, 3.8) is 0 Å². The van der Waals surface area contributed by atoms with E-state index in [9.17, 15) is 4.79 Å². The molecule has 1 unspecified atom stereocenters. The van der Waals surface area contributed by atoms with Crippen molar-refractivity contribution in [2.24, 2.45) is 0 Å². The molecule has 0 amide bonds. The van der Waals surface area contributed by atoms with Gasteiger partial charge in [0, 0.05) is 18.8 Å². The smallest absolute Gasteiger partial charge is 0.271 e. The van der Waals surface area contributed by atoms with Gasteiger partial charge in [-0.2, -0.15) is 0 Å². The van der Waals surface area contributed by atoms with Crippen LogP contribution in [-0.2, 0) is 4.74 Å². The standard InChI is InChI=1S/C10H13ClN2O2/c1-7-6-15-3-2-13(7)9-4-8(11)5-12-10(9)14/h4-5,7H,2-3,6H2,1H3,(H,12,14). The maximum Gasteiger partial charge on any atom is 0.271 e. The van der Waals surface area contributed by atoms with Crippen LogP contribution >= 0.6 is 11.6 Å². The number of rotatable bonds is 1. The Labute approximate surface area is 92.8 Å². The Balaban J connectivity index is 2.35. The highest BCUT2D eigenvalue weighted by molar-refractivity contribution is 6.30. The van der Waals surface area contributed by atoms with Crippen molar-refractivity contribution in [2.75, 3.05) is 24.7 Å². The van der Waals surface area contributed by atoms with Gasteiger partial charge < -0.3 is 14.6 Å². The Morgan fingerprint density at radius 1 is 1.67 bits per heavy atom. The average molecular weight is 229 g/mol. The highest BCUT2D eigenvalue weighted by Gasteiger charge is 2.21. The van der Waals surface area contributed by atoms with Crippen LogP contribution in [0.4, 0.5) is 5.69 Å². The van der Waals surface area contributed by atoms with Crippen LogP contribution in [0.25, 0.3) is 0 Å². The lowest BCUT2D eigenvalue weighted by atomic mass is 10.2. The molecule has 0 aliphatic carbocycles. The molecule has 1 fully saturated rings. The van der Waals surface area contributed by atoms with E-state index in [0.717, 1.165) is 6.54 Å². The quantitative estimate of drug-likeness (QED) is 0.787. The zero-order chi connectivity index (χ0) is 10.8. The number of nitrogens with zero attached hydrogens (tertiary/aromatic N) is 1. The summed E-state index contributed by atoms with van der Waals surface area (Å²) in [5.74, 6) is 0. The van der Waals surface area contributed by atoms with Crippen LogP contribution in [0.2, 0.25) is 5.02 Å². The van der Waals surface area contributed by atoms with Crippen LogP contribution in [0.3, 0.4) is 0 Å². The third-order valence-electron chi connectivity index (χ3n) is 2.53. The maximum atomic E-state index is 11.6. The third kappa shape index (κ3) is 2.16. The lowest BCUT2D eigenvalue weighted by molar-refractivity contribution is 0.0988.